The van der Waals surface area contributed by atoms with Crippen molar-refractivity contribution in [3.8, 4) is 6.07 Å². The largest absolute Gasteiger partial charge is 0.325 e. The second-order valence-electron chi connectivity index (χ2n) is 5.34. The number of nitriles is 1. The van der Waals surface area contributed by atoms with E-state index in [1.54, 1.807) is 31.2 Å². The number of hydrogen-bond acceptors (Lipinski definition) is 3. The van der Waals surface area contributed by atoms with Crippen LogP contribution in [-0.4, -0.2) is 11.9 Å². The van der Waals surface area contributed by atoms with Crippen LogP contribution in [0.15, 0.2) is 48.5 Å². The highest BCUT2D eigenvalue weighted by Crippen LogP contribution is 2.17. The van der Waals surface area contributed by atoms with Gasteiger partial charge in [-0.25, -0.2) is 0 Å². The van der Waals surface area contributed by atoms with Gasteiger partial charge < -0.3 is 5.32 Å². The van der Waals surface area contributed by atoms with Crippen LogP contribution < -0.4 is 10.6 Å². The highest BCUT2D eigenvalue weighted by molar-refractivity contribution is 6.30. The number of benzene rings is 2. The number of nitrogens with one attached hydrogen (secondary N) is 2. The first-order valence-electron chi connectivity index (χ1n) is 7.32. The van der Waals surface area contributed by atoms with E-state index in [0.717, 1.165) is 5.56 Å². The minimum Gasteiger partial charge on any atom is -0.325 e. The molecule has 0 heterocycles. The van der Waals surface area contributed by atoms with Crippen molar-refractivity contribution in [3.63, 3.8) is 0 Å². The van der Waals surface area contributed by atoms with Crippen molar-refractivity contribution in [1.82, 2.24) is 5.32 Å². The molecule has 0 aliphatic carbocycles. The van der Waals surface area contributed by atoms with Gasteiger partial charge in [0, 0.05) is 16.8 Å². The van der Waals surface area contributed by atoms with E-state index < -0.39 is 0 Å². The summed E-state index contributed by atoms with van der Waals surface area (Å²) in [5.41, 5.74) is 2.18. The number of amides is 1. The van der Waals surface area contributed by atoms with Gasteiger partial charge in [-0.3, -0.25) is 10.1 Å². The van der Waals surface area contributed by atoms with Gasteiger partial charge in [0.2, 0.25) is 5.91 Å². The van der Waals surface area contributed by atoms with Gasteiger partial charge in [0.05, 0.1) is 17.7 Å². The van der Waals surface area contributed by atoms with Crippen LogP contribution in [0, 0.1) is 11.3 Å². The Hall–Kier alpha value is -2.35. The molecule has 2 atom stereocenters. The van der Waals surface area contributed by atoms with Crippen LogP contribution in [-0.2, 0) is 4.79 Å². The topological polar surface area (TPSA) is 64.9 Å². The standard InChI is InChI=1S/C18H18ClN3O/c1-12(15-6-8-16(19)9-7-15)21-13(2)18(23)22-17-5-3-4-14(10-17)11-20/h3-10,12-13,21H,1-2H3,(H,22,23). The number of rotatable bonds is 5. The molecule has 0 saturated heterocycles. The van der Waals surface area contributed by atoms with Crippen LogP contribution in [0.3, 0.4) is 0 Å². The average Bonchev–Trinajstić information content (AvgIpc) is 2.55. The first-order valence-corrected chi connectivity index (χ1v) is 7.70. The van der Waals surface area contributed by atoms with E-state index in [2.05, 4.69) is 16.7 Å². The molecule has 0 aliphatic rings. The fraction of sp³-hybridized carbons (Fsp3) is 0.222. The van der Waals surface area contributed by atoms with Crippen molar-refractivity contribution in [2.75, 3.05) is 5.32 Å². The van der Waals surface area contributed by atoms with Gasteiger partial charge in [-0.2, -0.15) is 5.26 Å². The molecule has 4 nitrogen and oxygen atoms in total. The average molecular weight is 328 g/mol. The molecular formula is C18H18ClN3O. The Kier molecular flexibility index (Phi) is 5.75. The number of carbonyl (C=O) groups is 1. The van der Waals surface area contributed by atoms with Gasteiger partial charge in [0.1, 0.15) is 0 Å². The van der Waals surface area contributed by atoms with E-state index in [0.29, 0.717) is 16.3 Å². The Morgan fingerprint density at radius 2 is 1.87 bits per heavy atom. The second-order valence-corrected chi connectivity index (χ2v) is 5.78. The minimum atomic E-state index is -0.383. The first-order chi connectivity index (χ1) is 11.0. The Morgan fingerprint density at radius 3 is 2.52 bits per heavy atom. The third-order valence-electron chi connectivity index (χ3n) is 3.52. The molecule has 2 aromatic carbocycles. The summed E-state index contributed by atoms with van der Waals surface area (Å²) in [5, 5.41) is 15.6. The van der Waals surface area contributed by atoms with Gasteiger partial charge >= 0.3 is 0 Å². The Balaban J connectivity index is 1.96. The predicted molar refractivity (Wildman–Crippen MR) is 92.3 cm³/mol. The molecule has 0 aromatic heterocycles. The molecule has 0 radical (unpaired) electrons. The van der Waals surface area contributed by atoms with Crippen molar-refractivity contribution >= 4 is 23.2 Å². The van der Waals surface area contributed by atoms with E-state index >= 15 is 0 Å². The minimum absolute atomic E-state index is 0.0125. The Bertz CT molecular complexity index is 722. The zero-order chi connectivity index (χ0) is 16.8. The van der Waals surface area contributed by atoms with Crippen LogP contribution in [0.25, 0.3) is 0 Å². The van der Waals surface area contributed by atoms with E-state index in [4.69, 9.17) is 16.9 Å². The van der Waals surface area contributed by atoms with E-state index in [9.17, 15) is 4.79 Å². The summed E-state index contributed by atoms with van der Waals surface area (Å²) in [6.07, 6.45) is 0. The van der Waals surface area contributed by atoms with Crippen molar-refractivity contribution in [2.24, 2.45) is 0 Å². The summed E-state index contributed by atoms with van der Waals surface area (Å²) in [7, 11) is 0. The number of carbonyl (C=O) groups excluding carboxylic acids is 1. The third kappa shape index (κ3) is 4.82. The van der Waals surface area contributed by atoms with E-state index in [-0.39, 0.29) is 18.0 Å². The molecule has 0 spiro atoms. The smallest absolute Gasteiger partial charge is 0.241 e. The van der Waals surface area contributed by atoms with Gasteiger partial charge in [-0.15, -0.1) is 0 Å². The fourth-order valence-corrected chi connectivity index (χ4v) is 2.34. The summed E-state index contributed by atoms with van der Waals surface area (Å²) < 4.78 is 0. The van der Waals surface area contributed by atoms with Gasteiger partial charge in [-0.05, 0) is 49.7 Å². The lowest BCUT2D eigenvalue weighted by Crippen LogP contribution is -2.39. The van der Waals surface area contributed by atoms with E-state index in [1.165, 1.54) is 0 Å². The SMILES string of the molecule is CC(NC(C)c1ccc(Cl)cc1)C(=O)Nc1cccc(C#N)c1. The molecule has 2 aromatic rings. The van der Waals surface area contributed by atoms with Crippen molar-refractivity contribution < 1.29 is 4.79 Å². The lowest BCUT2D eigenvalue weighted by atomic mass is 10.1. The number of hydrogen-bond donors (Lipinski definition) is 2. The molecular weight excluding hydrogens is 310 g/mol. The highest BCUT2D eigenvalue weighted by atomic mass is 35.5. The normalized spacial score (nSPS) is 13.0. The molecule has 2 N–H and O–H groups in total. The Morgan fingerprint density at radius 1 is 1.17 bits per heavy atom. The first kappa shape index (κ1) is 17.0. The van der Waals surface area contributed by atoms with Crippen LogP contribution in [0.2, 0.25) is 5.02 Å². The number of halogens is 1. The highest BCUT2D eigenvalue weighted by Gasteiger charge is 2.16. The van der Waals surface area contributed by atoms with Crippen LogP contribution in [0.5, 0.6) is 0 Å². The van der Waals surface area contributed by atoms with Crippen LogP contribution in [0.4, 0.5) is 5.69 Å². The van der Waals surface area contributed by atoms with Gasteiger partial charge in [-0.1, -0.05) is 29.8 Å². The monoisotopic (exact) mass is 327 g/mol. The quantitative estimate of drug-likeness (QED) is 0.875. The summed E-state index contributed by atoms with van der Waals surface area (Å²) in [6.45, 7) is 3.79. The summed E-state index contributed by atoms with van der Waals surface area (Å²) in [4.78, 5) is 12.3. The molecule has 2 unspecified atom stereocenters. The second kappa shape index (κ2) is 7.77. The number of anilines is 1. The summed E-state index contributed by atoms with van der Waals surface area (Å²) in [6, 6.07) is 16.0. The third-order valence-corrected chi connectivity index (χ3v) is 3.77. The molecule has 0 fully saturated rings. The van der Waals surface area contributed by atoms with Crippen molar-refractivity contribution in [3.05, 3.63) is 64.7 Å². The van der Waals surface area contributed by atoms with Crippen molar-refractivity contribution in [2.45, 2.75) is 25.9 Å². The maximum absolute atomic E-state index is 12.3. The van der Waals surface area contributed by atoms with Crippen molar-refractivity contribution in [1.29, 1.82) is 5.26 Å². The molecule has 0 bridgehead atoms. The van der Waals surface area contributed by atoms with Gasteiger partial charge in [0.25, 0.3) is 0 Å². The zero-order valence-electron chi connectivity index (χ0n) is 13.0. The molecule has 2 rings (SSSR count). The lowest BCUT2D eigenvalue weighted by Gasteiger charge is -2.20. The molecule has 118 valence electrons. The molecule has 0 aliphatic heterocycles. The predicted octanol–water partition coefficient (Wildman–Crippen LogP) is 3.89. The van der Waals surface area contributed by atoms with Gasteiger partial charge in [0.15, 0.2) is 0 Å². The summed E-state index contributed by atoms with van der Waals surface area (Å²) in [5.74, 6) is -0.152. The molecule has 1 amide bonds. The number of nitrogens with zero attached hydrogens (tertiary/aromatic N) is 1. The molecule has 23 heavy (non-hydrogen) atoms. The fourth-order valence-electron chi connectivity index (χ4n) is 2.22. The summed E-state index contributed by atoms with van der Waals surface area (Å²) >= 11 is 5.88. The Labute approximate surface area is 141 Å². The molecule has 5 heteroatoms. The zero-order valence-corrected chi connectivity index (χ0v) is 13.8. The maximum atomic E-state index is 12.3. The van der Waals surface area contributed by atoms with Crippen LogP contribution in [0.1, 0.15) is 31.0 Å². The molecule has 0 saturated carbocycles. The van der Waals surface area contributed by atoms with E-state index in [1.807, 2.05) is 31.2 Å². The maximum Gasteiger partial charge on any atom is 0.241 e. The lowest BCUT2D eigenvalue weighted by molar-refractivity contribution is -0.117. The van der Waals surface area contributed by atoms with Crippen LogP contribution >= 0.6 is 11.6 Å².